The van der Waals surface area contributed by atoms with Crippen molar-refractivity contribution in [2.45, 2.75) is 32.6 Å². The fourth-order valence-electron chi connectivity index (χ4n) is 1.09. The molecule has 0 aliphatic rings. The van der Waals surface area contributed by atoms with E-state index >= 15 is 0 Å². The SMILES string of the molecule is CC(C)c1ccnc(CCC(N)=O)n1. The van der Waals surface area contributed by atoms with Crippen molar-refractivity contribution in [2.24, 2.45) is 5.73 Å². The number of nitrogens with two attached hydrogens (primary N) is 1. The van der Waals surface area contributed by atoms with Crippen molar-refractivity contribution < 1.29 is 4.79 Å². The van der Waals surface area contributed by atoms with Crippen LogP contribution in [-0.4, -0.2) is 15.9 Å². The number of amides is 1. The van der Waals surface area contributed by atoms with E-state index in [0.717, 1.165) is 5.69 Å². The van der Waals surface area contributed by atoms with Crippen molar-refractivity contribution in [3.8, 4) is 0 Å². The summed E-state index contributed by atoms with van der Waals surface area (Å²) in [4.78, 5) is 19.0. The number of hydrogen-bond donors (Lipinski definition) is 1. The minimum absolute atomic E-state index is 0.307. The maximum Gasteiger partial charge on any atom is 0.217 e. The van der Waals surface area contributed by atoms with Crippen molar-refractivity contribution in [1.82, 2.24) is 9.97 Å². The third kappa shape index (κ3) is 3.12. The minimum Gasteiger partial charge on any atom is -0.370 e. The second-order valence-corrected chi connectivity index (χ2v) is 3.52. The van der Waals surface area contributed by atoms with Gasteiger partial charge in [0, 0.05) is 24.7 Å². The van der Waals surface area contributed by atoms with Crippen LogP contribution in [0, 0.1) is 0 Å². The Morgan fingerprint density at radius 3 is 2.86 bits per heavy atom. The van der Waals surface area contributed by atoms with Crippen LogP contribution < -0.4 is 5.73 Å². The van der Waals surface area contributed by atoms with Crippen molar-refractivity contribution >= 4 is 5.91 Å². The van der Waals surface area contributed by atoms with Crippen LogP contribution in [0.5, 0.6) is 0 Å². The van der Waals surface area contributed by atoms with Crippen LogP contribution >= 0.6 is 0 Å². The van der Waals surface area contributed by atoms with Crippen LogP contribution in [0.25, 0.3) is 0 Å². The first-order valence-corrected chi connectivity index (χ1v) is 4.69. The molecule has 1 amide bonds. The Balaban J connectivity index is 2.68. The summed E-state index contributed by atoms with van der Waals surface area (Å²) in [5.41, 5.74) is 6.04. The molecule has 0 aromatic carbocycles. The molecular formula is C10H15N3O. The van der Waals surface area contributed by atoms with Gasteiger partial charge in [-0.25, -0.2) is 9.97 Å². The Labute approximate surface area is 83.6 Å². The molecule has 76 valence electrons. The molecule has 4 heteroatoms. The summed E-state index contributed by atoms with van der Waals surface area (Å²) < 4.78 is 0. The zero-order valence-electron chi connectivity index (χ0n) is 8.53. The van der Waals surface area contributed by atoms with Gasteiger partial charge in [0.1, 0.15) is 5.82 Å². The largest absolute Gasteiger partial charge is 0.370 e. The lowest BCUT2D eigenvalue weighted by atomic mass is 10.1. The Morgan fingerprint density at radius 1 is 1.57 bits per heavy atom. The molecule has 0 fully saturated rings. The first-order valence-electron chi connectivity index (χ1n) is 4.69. The topological polar surface area (TPSA) is 68.9 Å². The van der Waals surface area contributed by atoms with Crippen LogP contribution in [0.2, 0.25) is 0 Å². The van der Waals surface area contributed by atoms with Crippen LogP contribution in [-0.2, 0) is 11.2 Å². The maximum absolute atomic E-state index is 10.6. The molecule has 1 rings (SSSR count). The van der Waals surface area contributed by atoms with Crippen molar-refractivity contribution in [3.63, 3.8) is 0 Å². The third-order valence-corrected chi connectivity index (χ3v) is 1.91. The van der Waals surface area contributed by atoms with Gasteiger partial charge in [0.05, 0.1) is 0 Å². The highest BCUT2D eigenvalue weighted by Gasteiger charge is 2.04. The predicted octanol–water partition coefficient (Wildman–Crippen LogP) is 1.02. The highest BCUT2D eigenvalue weighted by molar-refractivity contribution is 5.73. The molecule has 0 bridgehead atoms. The minimum atomic E-state index is -0.316. The molecule has 4 nitrogen and oxygen atoms in total. The first-order chi connectivity index (χ1) is 6.59. The second kappa shape index (κ2) is 4.69. The van der Waals surface area contributed by atoms with Crippen molar-refractivity contribution in [2.75, 3.05) is 0 Å². The standard InChI is InChI=1S/C10H15N3O/c1-7(2)8-5-6-12-10(13-8)4-3-9(11)14/h5-7H,3-4H2,1-2H3,(H2,11,14). The van der Waals surface area contributed by atoms with E-state index in [0.29, 0.717) is 24.6 Å². The number of primary amides is 1. The molecule has 0 aliphatic heterocycles. The molecule has 0 saturated carbocycles. The summed E-state index contributed by atoms with van der Waals surface area (Å²) in [6.07, 6.45) is 2.55. The molecule has 14 heavy (non-hydrogen) atoms. The number of hydrogen-bond acceptors (Lipinski definition) is 3. The molecule has 1 heterocycles. The van der Waals surface area contributed by atoms with E-state index in [-0.39, 0.29) is 5.91 Å². The molecule has 0 spiro atoms. The Bertz CT molecular complexity index is 323. The molecule has 1 aromatic heterocycles. The van der Waals surface area contributed by atoms with Gasteiger partial charge in [0.15, 0.2) is 0 Å². The Kier molecular flexibility index (Phi) is 3.56. The smallest absolute Gasteiger partial charge is 0.217 e. The molecule has 1 aromatic rings. The van der Waals surface area contributed by atoms with Crippen LogP contribution in [0.4, 0.5) is 0 Å². The van der Waals surface area contributed by atoms with Gasteiger partial charge < -0.3 is 5.73 Å². The van der Waals surface area contributed by atoms with Gasteiger partial charge in [-0.2, -0.15) is 0 Å². The average Bonchev–Trinajstić information content (AvgIpc) is 2.15. The predicted molar refractivity (Wildman–Crippen MR) is 53.6 cm³/mol. The zero-order chi connectivity index (χ0) is 10.6. The van der Waals surface area contributed by atoms with Gasteiger partial charge in [-0.15, -0.1) is 0 Å². The van der Waals surface area contributed by atoms with E-state index < -0.39 is 0 Å². The second-order valence-electron chi connectivity index (χ2n) is 3.52. The normalized spacial score (nSPS) is 10.5. The molecule has 2 N–H and O–H groups in total. The van der Waals surface area contributed by atoms with Gasteiger partial charge in [0.2, 0.25) is 5.91 Å². The van der Waals surface area contributed by atoms with Gasteiger partial charge in [-0.05, 0) is 12.0 Å². The molecule has 0 atom stereocenters. The van der Waals surface area contributed by atoms with Gasteiger partial charge in [0.25, 0.3) is 0 Å². The van der Waals surface area contributed by atoms with Crippen LogP contribution in [0.3, 0.4) is 0 Å². The lowest BCUT2D eigenvalue weighted by molar-refractivity contribution is -0.118. The van der Waals surface area contributed by atoms with Gasteiger partial charge in [-0.3, -0.25) is 4.79 Å². The Morgan fingerprint density at radius 2 is 2.29 bits per heavy atom. The highest BCUT2D eigenvalue weighted by atomic mass is 16.1. The molecule has 0 unspecified atom stereocenters. The molecule has 0 aliphatic carbocycles. The summed E-state index contributed by atoms with van der Waals surface area (Å²) >= 11 is 0. The van der Waals surface area contributed by atoms with Crippen molar-refractivity contribution in [1.29, 1.82) is 0 Å². The summed E-state index contributed by atoms with van der Waals surface area (Å²) in [5, 5.41) is 0. The molecule has 0 saturated heterocycles. The summed E-state index contributed by atoms with van der Waals surface area (Å²) in [6.45, 7) is 4.14. The third-order valence-electron chi connectivity index (χ3n) is 1.91. The van der Waals surface area contributed by atoms with E-state index in [4.69, 9.17) is 5.73 Å². The van der Waals surface area contributed by atoms with Gasteiger partial charge in [-0.1, -0.05) is 13.8 Å². The lowest BCUT2D eigenvalue weighted by Gasteiger charge is -2.05. The summed E-state index contributed by atoms with van der Waals surface area (Å²) in [6, 6.07) is 1.89. The number of aryl methyl sites for hydroxylation is 1. The first kappa shape index (κ1) is 10.6. The van der Waals surface area contributed by atoms with E-state index in [1.165, 1.54) is 0 Å². The lowest BCUT2D eigenvalue weighted by Crippen LogP contribution is -2.12. The van der Waals surface area contributed by atoms with E-state index in [1.54, 1.807) is 6.20 Å². The van der Waals surface area contributed by atoms with Gasteiger partial charge >= 0.3 is 0 Å². The number of carbonyl (C=O) groups is 1. The summed E-state index contributed by atoms with van der Waals surface area (Å²) in [7, 11) is 0. The van der Waals surface area contributed by atoms with E-state index in [2.05, 4.69) is 23.8 Å². The van der Waals surface area contributed by atoms with Crippen molar-refractivity contribution in [3.05, 3.63) is 23.8 Å². The van der Waals surface area contributed by atoms with Crippen LogP contribution in [0.1, 0.15) is 37.7 Å². The molecule has 0 radical (unpaired) electrons. The summed E-state index contributed by atoms with van der Waals surface area (Å²) in [5.74, 6) is 0.754. The monoisotopic (exact) mass is 193 g/mol. The number of rotatable bonds is 4. The highest BCUT2D eigenvalue weighted by Crippen LogP contribution is 2.10. The zero-order valence-corrected chi connectivity index (χ0v) is 8.53. The van der Waals surface area contributed by atoms with E-state index in [1.807, 2.05) is 6.07 Å². The maximum atomic E-state index is 10.6. The van der Waals surface area contributed by atoms with Crippen LogP contribution in [0.15, 0.2) is 12.3 Å². The number of carbonyl (C=O) groups excluding carboxylic acids is 1. The van der Waals surface area contributed by atoms with E-state index in [9.17, 15) is 4.79 Å². The number of nitrogens with zero attached hydrogens (tertiary/aromatic N) is 2. The number of aromatic nitrogens is 2. The quantitative estimate of drug-likeness (QED) is 0.776. The average molecular weight is 193 g/mol. The Hall–Kier alpha value is -1.45. The fourth-order valence-corrected chi connectivity index (χ4v) is 1.09. The molecular weight excluding hydrogens is 178 g/mol. The fraction of sp³-hybridized carbons (Fsp3) is 0.500.